The Labute approximate surface area is 603 Å². The van der Waals surface area contributed by atoms with Crippen molar-refractivity contribution in [3.63, 3.8) is 0 Å². The molecule has 6 rings (SSSR count). The maximum atomic E-state index is 14.5. The SMILES string of the molecule is CC(C)(C)OC(=O)NCCCC[C@](N)(C(=O)CC1=CC(=S)CC=C1)C(=O)Nc1ccc(C(c2ccc(NC(=O)[C@](N)(CCCCNC(=O)OC(C)(C)C)C(=O)CC3=CC(=S)CC=C3)cc2)c2ccc(NC(=O)[C@](N)(CCCCNC(=O)OC(C)(C)C)C(=O)CC3=CC(=S)CC=C3)cc2)cc1. The Balaban J connectivity index is 1.30. The van der Waals surface area contributed by atoms with Gasteiger partial charge < -0.3 is 63.3 Å². The molecular weight excluding hydrogens is 1330 g/mol. The third kappa shape index (κ3) is 25.6. The maximum absolute atomic E-state index is 14.5. The van der Waals surface area contributed by atoms with Crippen LogP contribution in [0, 0.1) is 0 Å². The number of hydrogen-bond donors (Lipinski definition) is 9. The average Bonchev–Trinajstić information content (AvgIpc) is 0.807. The highest BCUT2D eigenvalue weighted by atomic mass is 32.1. The van der Waals surface area contributed by atoms with Crippen LogP contribution in [0.3, 0.4) is 0 Å². The van der Waals surface area contributed by atoms with Gasteiger partial charge in [0.25, 0.3) is 17.7 Å². The molecule has 3 aliphatic carbocycles. The van der Waals surface area contributed by atoms with Crippen LogP contribution in [0.4, 0.5) is 31.4 Å². The summed E-state index contributed by atoms with van der Waals surface area (Å²) < 4.78 is 16.1. The number of ketones is 3. The third-order valence-corrected chi connectivity index (χ3v) is 17.2. The lowest BCUT2D eigenvalue weighted by Crippen LogP contribution is -2.57. The molecule has 0 spiro atoms. The van der Waals surface area contributed by atoms with Crippen LogP contribution in [-0.2, 0) is 43.0 Å². The topological polar surface area (TPSA) is 332 Å². The number of amides is 6. The average molecular weight is 1420 g/mol. The second-order valence-electron chi connectivity index (χ2n) is 28.4. The number of hydrogen-bond acceptors (Lipinski definition) is 18. The van der Waals surface area contributed by atoms with Crippen LogP contribution in [0.15, 0.2) is 144 Å². The van der Waals surface area contributed by atoms with Crippen molar-refractivity contribution >= 4 is 122 Å². The summed E-state index contributed by atoms with van der Waals surface area (Å²) in [6, 6.07) is 20.9. The van der Waals surface area contributed by atoms with Crippen molar-refractivity contribution < 1.29 is 57.4 Å². The van der Waals surface area contributed by atoms with E-state index >= 15 is 0 Å². The lowest BCUT2D eigenvalue weighted by molar-refractivity contribution is -0.134. The molecule has 3 aromatic carbocycles. The first kappa shape index (κ1) is 80.5. The lowest BCUT2D eigenvalue weighted by atomic mass is 9.83. The zero-order valence-electron chi connectivity index (χ0n) is 58.8. The normalized spacial score (nSPS) is 15.7. The number of unbranched alkanes of at least 4 members (excludes halogenated alkanes) is 3. The molecule has 6 amide bonds. The Hall–Kier alpha value is -8.52. The van der Waals surface area contributed by atoms with Crippen LogP contribution in [0.1, 0.15) is 181 Å². The monoisotopic (exact) mass is 1420 g/mol. The first-order valence-electron chi connectivity index (χ1n) is 33.7. The smallest absolute Gasteiger partial charge is 0.407 e. The highest BCUT2D eigenvalue weighted by Crippen LogP contribution is 2.36. The van der Waals surface area contributed by atoms with Crippen LogP contribution in [0.5, 0.6) is 0 Å². The molecule has 536 valence electrons. The molecular formula is C76H97N9O12S3. The molecule has 100 heavy (non-hydrogen) atoms. The molecule has 3 aliphatic rings. The summed E-state index contributed by atoms with van der Waals surface area (Å²) in [6.07, 6.45) is 17.5. The number of rotatable bonds is 33. The van der Waals surface area contributed by atoms with Gasteiger partial charge in [0.05, 0.1) is 0 Å². The first-order chi connectivity index (χ1) is 46.9. The van der Waals surface area contributed by atoms with Gasteiger partial charge in [0, 0.05) is 95.7 Å². The van der Waals surface area contributed by atoms with E-state index in [1.165, 1.54) is 0 Å². The molecule has 12 N–H and O–H groups in total. The Kier molecular flexibility index (Phi) is 29.1. The maximum Gasteiger partial charge on any atom is 0.407 e. The molecule has 24 heteroatoms. The fraction of sp³-hybridized carbons (Fsp3) is 0.447. The van der Waals surface area contributed by atoms with Gasteiger partial charge in [-0.15, -0.1) is 0 Å². The molecule has 0 saturated heterocycles. The standard InChI is InChI=1S/C76H97N9O12S3/c1-71(2,3)95-68(92)80-40-13-10-37-74(77,61(86)46-49-19-16-22-58(98)43-49)65(89)83-55-31-25-52(26-32-55)64(53-27-33-56(34-28-53)84-66(90)75(78,62(87)47-50-20-17-23-59(99)44-50)38-11-14-41-81-69(93)96-72(4,5)6)54-29-35-57(36-30-54)85-67(91)76(79,63(88)48-51-21-18-24-60(100)45-51)39-12-15-42-82-70(94)97-73(7,8)9/h16-21,25-36,43-45,64H,10-15,22-24,37-42,46-48,77-79H2,1-9H3,(H,80,92)(H,81,93)(H,82,94)(H,83,89)(H,84,90)(H,85,91)/t74-,75-,76-/m0/s1. The van der Waals surface area contributed by atoms with Crippen molar-refractivity contribution in [1.29, 1.82) is 0 Å². The highest BCUT2D eigenvalue weighted by Gasteiger charge is 2.44. The van der Waals surface area contributed by atoms with E-state index in [9.17, 15) is 43.2 Å². The molecule has 0 fully saturated rings. The number of Topliss-reactive ketones (excluding diaryl/α,β-unsaturated/α-hetero) is 3. The van der Waals surface area contributed by atoms with Crippen LogP contribution >= 0.6 is 36.7 Å². The summed E-state index contributed by atoms with van der Waals surface area (Å²) in [5.41, 5.74) is 17.5. The predicted octanol–water partition coefficient (Wildman–Crippen LogP) is 12.5. The Morgan fingerprint density at radius 1 is 0.390 bits per heavy atom. The van der Waals surface area contributed by atoms with Crippen LogP contribution in [-0.4, -0.2) is 121 Å². The molecule has 0 unspecified atom stereocenters. The summed E-state index contributed by atoms with van der Waals surface area (Å²) in [7, 11) is 0. The summed E-state index contributed by atoms with van der Waals surface area (Å²) in [6.45, 7) is 16.4. The van der Waals surface area contributed by atoms with Gasteiger partial charge in [0.1, 0.15) is 16.8 Å². The zero-order chi connectivity index (χ0) is 73.6. The van der Waals surface area contributed by atoms with Crippen molar-refractivity contribution in [1.82, 2.24) is 16.0 Å². The van der Waals surface area contributed by atoms with Crippen molar-refractivity contribution in [2.24, 2.45) is 17.2 Å². The van der Waals surface area contributed by atoms with E-state index < -0.39 is 92.7 Å². The van der Waals surface area contributed by atoms with Gasteiger partial charge in [0.15, 0.2) is 34.0 Å². The number of nitrogens with two attached hydrogens (primary N) is 3. The van der Waals surface area contributed by atoms with Gasteiger partial charge in [-0.25, -0.2) is 14.4 Å². The summed E-state index contributed by atoms with van der Waals surface area (Å²) >= 11 is 16.3. The summed E-state index contributed by atoms with van der Waals surface area (Å²) in [4.78, 5) is 125. The van der Waals surface area contributed by atoms with Gasteiger partial charge in [-0.2, -0.15) is 0 Å². The molecule has 0 heterocycles. The van der Waals surface area contributed by atoms with E-state index in [1.807, 2.05) is 18.2 Å². The second-order valence-corrected chi connectivity index (χ2v) is 30.0. The first-order valence-corrected chi connectivity index (χ1v) is 35.0. The minimum Gasteiger partial charge on any atom is -0.444 e. The number of alkyl carbamates (subject to hydrolysis) is 3. The molecule has 21 nitrogen and oxygen atoms in total. The Morgan fingerprint density at radius 3 is 0.850 bits per heavy atom. The van der Waals surface area contributed by atoms with Gasteiger partial charge in [0.2, 0.25) is 0 Å². The van der Waals surface area contributed by atoms with Gasteiger partial charge in [-0.1, -0.05) is 110 Å². The van der Waals surface area contributed by atoms with Gasteiger partial charge in [-0.05, 0) is 208 Å². The number of allylic oxidation sites excluding steroid dienone is 12. The second kappa shape index (κ2) is 36.2. The molecule has 3 atom stereocenters. The lowest BCUT2D eigenvalue weighted by Gasteiger charge is -2.28. The van der Waals surface area contributed by atoms with Crippen molar-refractivity contribution in [2.75, 3.05) is 35.6 Å². The van der Waals surface area contributed by atoms with Crippen molar-refractivity contribution in [3.8, 4) is 0 Å². The number of benzene rings is 3. The largest absolute Gasteiger partial charge is 0.444 e. The van der Waals surface area contributed by atoms with E-state index in [-0.39, 0.29) is 58.2 Å². The number of thiocarbonyl (C=S) groups is 3. The minimum atomic E-state index is -2.00. The number of nitrogens with one attached hydrogen (secondary N) is 6. The molecule has 0 radical (unpaired) electrons. The van der Waals surface area contributed by atoms with Crippen molar-refractivity contribution in [2.45, 2.75) is 198 Å². The van der Waals surface area contributed by atoms with Crippen LogP contribution in [0.2, 0.25) is 0 Å². The van der Waals surface area contributed by atoms with Gasteiger partial charge in [-0.3, -0.25) is 28.8 Å². The predicted molar refractivity (Wildman–Crippen MR) is 403 cm³/mol. The Morgan fingerprint density at radius 2 is 0.630 bits per heavy atom. The number of ether oxygens (including phenoxy) is 3. The molecule has 0 aromatic heterocycles. The van der Waals surface area contributed by atoms with Crippen LogP contribution < -0.4 is 49.1 Å². The molecule has 3 aromatic rings. The molecule has 0 bridgehead atoms. The van der Waals surface area contributed by atoms with E-state index in [1.54, 1.807) is 172 Å². The summed E-state index contributed by atoms with van der Waals surface area (Å²) in [5.74, 6) is -4.37. The minimum absolute atomic E-state index is 0.0482. The fourth-order valence-electron chi connectivity index (χ4n) is 11.1. The Bertz CT molecular complexity index is 3360. The number of carbonyl (C=O) groups is 9. The van der Waals surface area contributed by atoms with E-state index in [0.29, 0.717) is 123 Å². The highest BCUT2D eigenvalue weighted by molar-refractivity contribution is 7.81. The zero-order valence-corrected chi connectivity index (χ0v) is 61.2. The number of anilines is 3. The number of carbonyl (C=O) groups excluding carboxylic acids is 9. The quantitative estimate of drug-likeness (QED) is 0.00899. The molecule has 0 saturated carbocycles. The molecule has 0 aliphatic heterocycles. The van der Waals surface area contributed by atoms with E-state index in [2.05, 4.69) is 31.9 Å². The van der Waals surface area contributed by atoms with Crippen molar-refractivity contribution in [3.05, 3.63) is 161 Å². The van der Waals surface area contributed by atoms with E-state index in [0.717, 1.165) is 0 Å². The van der Waals surface area contributed by atoms with Gasteiger partial charge >= 0.3 is 18.3 Å². The van der Waals surface area contributed by atoms with Crippen LogP contribution in [0.25, 0.3) is 0 Å². The van der Waals surface area contributed by atoms with E-state index in [4.69, 9.17) is 68.1 Å². The summed E-state index contributed by atoms with van der Waals surface area (Å²) in [5, 5.41) is 16.8. The third-order valence-electron chi connectivity index (χ3n) is 16.3. The fourth-order valence-corrected chi connectivity index (χ4v) is 11.8.